The molecule has 0 aliphatic carbocycles. The number of azo groups is 2. The van der Waals surface area contributed by atoms with Gasteiger partial charge in [0.05, 0.1) is 22.7 Å². The molecular formula is C25H22N6. The molecule has 4 aromatic rings. The average Bonchev–Trinajstić information content (AvgIpc) is 2.78. The number of hydrogen-bond donors (Lipinski definition) is 2. The normalized spacial score (nSPS) is 14.6. The molecule has 0 aromatic heterocycles. The summed E-state index contributed by atoms with van der Waals surface area (Å²) in [6, 6.07) is 27.5. The van der Waals surface area contributed by atoms with E-state index >= 15 is 0 Å². The number of benzene rings is 4. The fraction of sp³-hybridized carbons (Fsp3) is 0.120. The highest BCUT2D eigenvalue weighted by Gasteiger charge is 2.25. The molecule has 0 unspecified atom stereocenters. The Hall–Kier alpha value is -4.06. The van der Waals surface area contributed by atoms with E-state index in [1.54, 1.807) is 0 Å². The van der Waals surface area contributed by atoms with Crippen LogP contribution < -0.4 is 10.6 Å². The van der Waals surface area contributed by atoms with Crippen molar-refractivity contribution in [2.75, 3.05) is 10.6 Å². The van der Waals surface area contributed by atoms with Crippen LogP contribution in [-0.4, -0.2) is 5.66 Å². The average molecular weight is 406 g/mol. The zero-order chi connectivity index (χ0) is 21.3. The van der Waals surface area contributed by atoms with Gasteiger partial charge in [-0.25, -0.2) is 0 Å². The monoisotopic (exact) mass is 406 g/mol. The van der Waals surface area contributed by atoms with E-state index in [1.807, 2.05) is 66.7 Å². The lowest BCUT2D eigenvalue weighted by Gasteiger charge is -2.36. The third-order valence-corrected chi connectivity index (χ3v) is 5.07. The largest absolute Gasteiger partial charge is 0.363 e. The second kappa shape index (κ2) is 7.65. The van der Waals surface area contributed by atoms with Crippen LogP contribution in [0.4, 0.5) is 34.1 Å². The fourth-order valence-corrected chi connectivity index (χ4v) is 3.70. The maximum Gasteiger partial charge on any atom is 0.102 e. The standard InChI is InChI=1S/C25H22N6/c1-25(2)26-22-10-6-9-20-21(15-16-23(27-25)24(20)22)31-30-19-13-11-18(12-14-19)29-28-17-7-4-3-5-8-17/h3-16,26-27H,1-2H3. The van der Waals surface area contributed by atoms with Crippen molar-refractivity contribution in [2.24, 2.45) is 20.5 Å². The van der Waals surface area contributed by atoms with E-state index < -0.39 is 0 Å². The van der Waals surface area contributed by atoms with Crippen molar-refractivity contribution in [1.29, 1.82) is 0 Å². The number of anilines is 2. The predicted molar refractivity (Wildman–Crippen MR) is 127 cm³/mol. The van der Waals surface area contributed by atoms with Gasteiger partial charge in [0, 0.05) is 22.1 Å². The lowest BCUT2D eigenvalue weighted by molar-refractivity contribution is 0.649. The van der Waals surface area contributed by atoms with Crippen molar-refractivity contribution < 1.29 is 0 Å². The van der Waals surface area contributed by atoms with E-state index in [2.05, 4.69) is 63.1 Å². The number of rotatable bonds is 4. The zero-order valence-corrected chi connectivity index (χ0v) is 17.4. The van der Waals surface area contributed by atoms with Gasteiger partial charge in [-0.3, -0.25) is 0 Å². The van der Waals surface area contributed by atoms with Crippen LogP contribution in [0.25, 0.3) is 10.8 Å². The molecule has 0 fully saturated rings. The Morgan fingerprint density at radius 3 is 1.81 bits per heavy atom. The number of hydrogen-bond acceptors (Lipinski definition) is 6. The molecule has 0 radical (unpaired) electrons. The second-order valence-electron chi connectivity index (χ2n) is 7.99. The summed E-state index contributed by atoms with van der Waals surface area (Å²) in [4.78, 5) is 0. The summed E-state index contributed by atoms with van der Waals surface area (Å²) in [6.45, 7) is 4.23. The third-order valence-electron chi connectivity index (χ3n) is 5.07. The lowest BCUT2D eigenvalue weighted by Crippen LogP contribution is -2.41. The van der Waals surface area contributed by atoms with Crippen LogP contribution in [0.1, 0.15) is 13.8 Å². The van der Waals surface area contributed by atoms with Gasteiger partial charge >= 0.3 is 0 Å². The topological polar surface area (TPSA) is 73.5 Å². The van der Waals surface area contributed by atoms with Crippen LogP contribution in [0.15, 0.2) is 105 Å². The first-order chi connectivity index (χ1) is 15.1. The first-order valence-electron chi connectivity index (χ1n) is 10.2. The molecule has 0 amide bonds. The minimum Gasteiger partial charge on any atom is -0.363 e. The van der Waals surface area contributed by atoms with Crippen molar-refractivity contribution in [3.05, 3.63) is 84.9 Å². The Balaban J connectivity index is 1.39. The van der Waals surface area contributed by atoms with E-state index in [4.69, 9.17) is 0 Å². The molecule has 6 nitrogen and oxygen atoms in total. The van der Waals surface area contributed by atoms with Crippen molar-refractivity contribution in [3.8, 4) is 0 Å². The molecule has 1 aliphatic heterocycles. The first kappa shape index (κ1) is 18.9. The quantitative estimate of drug-likeness (QED) is 0.335. The van der Waals surface area contributed by atoms with Crippen LogP contribution in [0, 0.1) is 0 Å². The third kappa shape index (κ3) is 4.00. The van der Waals surface area contributed by atoms with Gasteiger partial charge in [-0.1, -0.05) is 30.3 Å². The molecule has 31 heavy (non-hydrogen) atoms. The van der Waals surface area contributed by atoms with Crippen LogP contribution in [0.2, 0.25) is 0 Å². The lowest BCUT2D eigenvalue weighted by atomic mass is 10.00. The fourth-order valence-electron chi connectivity index (χ4n) is 3.70. The highest BCUT2D eigenvalue weighted by Crippen LogP contribution is 2.41. The molecule has 5 rings (SSSR count). The molecule has 6 heteroatoms. The molecule has 0 saturated heterocycles. The predicted octanol–water partition coefficient (Wildman–Crippen LogP) is 8.24. The van der Waals surface area contributed by atoms with E-state index in [9.17, 15) is 0 Å². The molecule has 1 heterocycles. The molecule has 2 N–H and O–H groups in total. The van der Waals surface area contributed by atoms with E-state index in [1.165, 1.54) is 0 Å². The van der Waals surface area contributed by atoms with Crippen molar-refractivity contribution >= 4 is 44.9 Å². The summed E-state index contributed by atoms with van der Waals surface area (Å²) in [5.74, 6) is 0. The van der Waals surface area contributed by atoms with Crippen molar-refractivity contribution in [1.82, 2.24) is 0 Å². The molecular weight excluding hydrogens is 384 g/mol. The van der Waals surface area contributed by atoms with Gasteiger partial charge in [0.2, 0.25) is 0 Å². The molecule has 0 spiro atoms. The Bertz CT molecular complexity index is 1280. The molecule has 0 saturated carbocycles. The molecule has 1 aliphatic rings. The molecule has 0 atom stereocenters. The van der Waals surface area contributed by atoms with Gasteiger partial charge < -0.3 is 10.6 Å². The Morgan fingerprint density at radius 1 is 0.548 bits per heavy atom. The highest BCUT2D eigenvalue weighted by molar-refractivity contribution is 6.09. The van der Waals surface area contributed by atoms with Crippen LogP contribution in [0.3, 0.4) is 0 Å². The van der Waals surface area contributed by atoms with Gasteiger partial charge in [-0.05, 0) is 68.4 Å². The number of nitrogens with zero attached hydrogens (tertiary/aromatic N) is 4. The minimum atomic E-state index is -0.204. The maximum atomic E-state index is 4.52. The number of nitrogens with one attached hydrogen (secondary N) is 2. The van der Waals surface area contributed by atoms with Crippen LogP contribution >= 0.6 is 0 Å². The minimum absolute atomic E-state index is 0.204. The summed E-state index contributed by atoms with van der Waals surface area (Å²) in [5, 5.41) is 26.7. The van der Waals surface area contributed by atoms with Crippen molar-refractivity contribution in [2.45, 2.75) is 19.5 Å². The van der Waals surface area contributed by atoms with E-state index in [-0.39, 0.29) is 5.66 Å². The van der Waals surface area contributed by atoms with Crippen LogP contribution in [-0.2, 0) is 0 Å². The van der Waals surface area contributed by atoms with Crippen molar-refractivity contribution in [3.63, 3.8) is 0 Å². The summed E-state index contributed by atoms with van der Waals surface area (Å²) < 4.78 is 0. The first-order valence-corrected chi connectivity index (χ1v) is 10.2. The molecule has 152 valence electrons. The Morgan fingerprint density at radius 2 is 1.13 bits per heavy atom. The van der Waals surface area contributed by atoms with E-state index in [0.717, 1.165) is 44.9 Å². The van der Waals surface area contributed by atoms with Gasteiger partial charge in [0.15, 0.2) is 0 Å². The van der Waals surface area contributed by atoms with E-state index in [0.29, 0.717) is 0 Å². The van der Waals surface area contributed by atoms with Gasteiger partial charge in [0.1, 0.15) is 5.66 Å². The van der Waals surface area contributed by atoms with Gasteiger partial charge in [0.25, 0.3) is 0 Å². The Kier molecular flexibility index (Phi) is 4.67. The maximum absolute atomic E-state index is 4.52. The molecule has 0 bridgehead atoms. The zero-order valence-electron chi connectivity index (χ0n) is 17.4. The second-order valence-corrected chi connectivity index (χ2v) is 7.99. The summed E-state index contributed by atoms with van der Waals surface area (Å²) in [5.41, 5.74) is 5.17. The van der Waals surface area contributed by atoms with Gasteiger partial charge in [-0.2, -0.15) is 15.3 Å². The van der Waals surface area contributed by atoms with Gasteiger partial charge in [-0.15, -0.1) is 5.11 Å². The summed E-state index contributed by atoms with van der Waals surface area (Å²) in [7, 11) is 0. The smallest absolute Gasteiger partial charge is 0.102 e. The highest BCUT2D eigenvalue weighted by atomic mass is 15.2. The molecule has 4 aromatic carbocycles. The SMILES string of the molecule is CC1(C)Nc2cccc3c(N=Nc4ccc(N=Nc5ccccc5)cc4)ccc(c23)N1. The summed E-state index contributed by atoms with van der Waals surface area (Å²) >= 11 is 0. The Labute approximate surface area is 180 Å². The summed E-state index contributed by atoms with van der Waals surface area (Å²) in [6.07, 6.45) is 0. The van der Waals surface area contributed by atoms with Crippen LogP contribution in [0.5, 0.6) is 0 Å².